The zero-order chi connectivity index (χ0) is 19.5. The lowest BCUT2D eigenvalue weighted by molar-refractivity contribution is -0.114. The lowest BCUT2D eigenvalue weighted by Gasteiger charge is -2.24. The van der Waals surface area contributed by atoms with Gasteiger partial charge in [0.1, 0.15) is 6.54 Å². The van der Waals surface area contributed by atoms with Gasteiger partial charge in [0.25, 0.3) is 0 Å². The fraction of sp³-hybridized carbons (Fsp3) is 0.263. The maximum Gasteiger partial charge on any atom is 0.245 e. The molecule has 0 radical (unpaired) electrons. The van der Waals surface area contributed by atoms with Crippen LogP contribution in [0.3, 0.4) is 0 Å². The summed E-state index contributed by atoms with van der Waals surface area (Å²) in [6.07, 6.45) is 1.07. The van der Waals surface area contributed by atoms with Crippen LogP contribution in [0.5, 0.6) is 0 Å². The largest absolute Gasteiger partial charge is 0.325 e. The molecule has 0 aromatic heterocycles. The summed E-state index contributed by atoms with van der Waals surface area (Å²) in [5, 5.41) is 2.66. The van der Waals surface area contributed by atoms with E-state index in [0.29, 0.717) is 16.9 Å². The Bertz CT molecular complexity index is 935. The highest BCUT2D eigenvalue weighted by atomic mass is 32.2. The molecule has 0 saturated heterocycles. The number of sulfonamides is 1. The lowest BCUT2D eigenvalue weighted by Crippen LogP contribution is -2.37. The van der Waals surface area contributed by atoms with Crippen LogP contribution in [-0.2, 0) is 14.8 Å². The smallest absolute Gasteiger partial charge is 0.245 e. The molecule has 138 valence electrons. The van der Waals surface area contributed by atoms with Crippen molar-refractivity contribution in [3.63, 3.8) is 0 Å². The van der Waals surface area contributed by atoms with Crippen molar-refractivity contribution < 1.29 is 18.0 Å². The van der Waals surface area contributed by atoms with Gasteiger partial charge in [-0.2, -0.15) is 0 Å². The Labute approximate surface area is 153 Å². The number of hydrogen-bond acceptors (Lipinski definition) is 4. The fourth-order valence-electron chi connectivity index (χ4n) is 2.49. The van der Waals surface area contributed by atoms with Crippen LogP contribution in [0.15, 0.2) is 42.5 Å². The molecule has 7 heteroatoms. The summed E-state index contributed by atoms with van der Waals surface area (Å²) in [7, 11) is -3.63. The number of benzene rings is 2. The summed E-state index contributed by atoms with van der Waals surface area (Å²) >= 11 is 0. The zero-order valence-corrected chi connectivity index (χ0v) is 16.1. The number of anilines is 2. The van der Waals surface area contributed by atoms with Crippen LogP contribution in [0, 0.1) is 13.8 Å². The molecule has 1 amide bonds. The van der Waals surface area contributed by atoms with E-state index < -0.39 is 15.9 Å². The van der Waals surface area contributed by atoms with Gasteiger partial charge >= 0.3 is 0 Å². The maximum absolute atomic E-state index is 12.4. The van der Waals surface area contributed by atoms with Crippen molar-refractivity contribution in [2.45, 2.75) is 20.8 Å². The Morgan fingerprint density at radius 2 is 1.65 bits per heavy atom. The Morgan fingerprint density at radius 3 is 2.19 bits per heavy atom. The standard InChI is InChI=1S/C19H22N2O4S/c1-13-5-6-14(2)18(11-13)21(26(4,24)25)12-19(23)20-17-9-7-16(8-10-17)15(3)22/h5-11H,12H2,1-4H3,(H,20,23). The molecule has 0 spiro atoms. The SMILES string of the molecule is CC(=O)c1ccc(NC(=O)CN(c2cc(C)ccc2C)S(C)(=O)=O)cc1. The number of carbonyl (C=O) groups is 2. The van der Waals surface area contributed by atoms with Gasteiger partial charge in [0.15, 0.2) is 5.78 Å². The van der Waals surface area contributed by atoms with Crippen LogP contribution >= 0.6 is 0 Å². The third-order valence-electron chi connectivity index (χ3n) is 3.90. The molecule has 2 rings (SSSR count). The number of amides is 1. The predicted octanol–water partition coefficient (Wildman–Crippen LogP) is 2.91. The summed E-state index contributed by atoms with van der Waals surface area (Å²) in [6, 6.07) is 11.9. The number of ketones is 1. The van der Waals surface area contributed by atoms with Crippen molar-refractivity contribution in [1.82, 2.24) is 0 Å². The minimum Gasteiger partial charge on any atom is -0.325 e. The normalized spacial score (nSPS) is 11.1. The first-order valence-corrected chi connectivity index (χ1v) is 9.88. The van der Waals surface area contributed by atoms with E-state index in [0.717, 1.165) is 21.7 Å². The van der Waals surface area contributed by atoms with Crippen molar-refractivity contribution in [3.8, 4) is 0 Å². The first-order chi connectivity index (χ1) is 12.1. The summed E-state index contributed by atoms with van der Waals surface area (Å²) < 4.78 is 25.5. The molecule has 1 N–H and O–H groups in total. The van der Waals surface area contributed by atoms with Crippen molar-refractivity contribution in [2.24, 2.45) is 0 Å². The van der Waals surface area contributed by atoms with Gasteiger partial charge in [0.2, 0.25) is 15.9 Å². The molecule has 0 unspecified atom stereocenters. The van der Waals surface area contributed by atoms with E-state index in [-0.39, 0.29) is 12.3 Å². The Kier molecular flexibility index (Phi) is 5.82. The number of aryl methyl sites for hydroxylation is 2. The number of carbonyl (C=O) groups excluding carboxylic acids is 2. The third kappa shape index (κ3) is 4.92. The van der Waals surface area contributed by atoms with Crippen molar-refractivity contribution in [1.29, 1.82) is 0 Å². The summed E-state index contributed by atoms with van der Waals surface area (Å²) in [6.45, 7) is 4.78. The fourth-order valence-corrected chi connectivity index (χ4v) is 3.39. The van der Waals surface area contributed by atoms with Gasteiger partial charge in [-0.15, -0.1) is 0 Å². The van der Waals surface area contributed by atoms with Crippen LogP contribution in [0.25, 0.3) is 0 Å². The van der Waals surface area contributed by atoms with E-state index in [2.05, 4.69) is 5.32 Å². The number of nitrogens with one attached hydrogen (secondary N) is 1. The summed E-state index contributed by atoms with van der Waals surface area (Å²) in [4.78, 5) is 23.7. The highest BCUT2D eigenvalue weighted by molar-refractivity contribution is 7.92. The maximum atomic E-state index is 12.4. The van der Waals surface area contributed by atoms with Crippen LogP contribution in [0.1, 0.15) is 28.4 Å². The minimum atomic E-state index is -3.63. The van der Waals surface area contributed by atoms with Gasteiger partial charge < -0.3 is 5.32 Å². The minimum absolute atomic E-state index is 0.0685. The van der Waals surface area contributed by atoms with Crippen LogP contribution in [0.2, 0.25) is 0 Å². The Balaban J connectivity index is 2.22. The quantitative estimate of drug-likeness (QED) is 0.788. The van der Waals surface area contributed by atoms with Crippen molar-refractivity contribution in [2.75, 3.05) is 22.4 Å². The molecule has 26 heavy (non-hydrogen) atoms. The first-order valence-electron chi connectivity index (χ1n) is 8.04. The van der Waals surface area contributed by atoms with E-state index >= 15 is 0 Å². The summed E-state index contributed by atoms with van der Waals surface area (Å²) in [5.41, 5.74) is 3.18. The van der Waals surface area contributed by atoms with E-state index in [4.69, 9.17) is 0 Å². The Hall–Kier alpha value is -2.67. The monoisotopic (exact) mass is 374 g/mol. The molecule has 0 atom stereocenters. The Morgan fingerprint density at radius 1 is 1.04 bits per heavy atom. The number of Topliss-reactive ketones (excluding diaryl/α,β-unsaturated/α-hetero) is 1. The number of rotatable bonds is 6. The highest BCUT2D eigenvalue weighted by Crippen LogP contribution is 2.24. The second kappa shape index (κ2) is 7.70. The summed E-state index contributed by atoms with van der Waals surface area (Å²) in [5.74, 6) is -0.534. The van der Waals surface area contributed by atoms with Gasteiger partial charge in [-0.05, 0) is 62.2 Å². The number of hydrogen-bond donors (Lipinski definition) is 1. The molecule has 0 saturated carbocycles. The average Bonchev–Trinajstić information content (AvgIpc) is 2.54. The highest BCUT2D eigenvalue weighted by Gasteiger charge is 2.22. The zero-order valence-electron chi connectivity index (χ0n) is 15.2. The van der Waals surface area contributed by atoms with Crippen LogP contribution in [-0.4, -0.2) is 32.9 Å². The third-order valence-corrected chi connectivity index (χ3v) is 5.02. The lowest BCUT2D eigenvalue weighted by atomic mass is 10.1. The van der Waals surface area contributed by atoms with Crippen molar-refractivity contribution >= 4 is 33.1 Å². The topological polar surface area (TPSA) is 83.6 Å². The van der Waals surface area contributed by atoms with Gasteiger partial charge in [-0.1, -0.05) is 12.1 Å². The predicted molar refractivity (Wildman–Crippen MR) is 103 cm³/mol. The van der Waals surface area contributed by atoms with Gasteiger partial charge in [0, 0.05) is 11.3 Å². The number of nitrogens with zero attached hydrogens (tertiary/aromatic N) is 1. The van der Waals surface area contributed by atoms with Gasteiger partial charge in [0.05, 0.1) is 11.9 Å². The van der Waals surface area contributed by atoms with Crippen LogP contribution in [0.4, 0.5) is 11.4 Å². The second-order valence-electron chi connectivity index (χ2n) is 6.24. The van der Waals surface area contributed by atoms with E-state index in [9.17, 15) is 18.0 Å². The molecule has 2 aromatic carbocycles. The molecular weight excluding hydrogens is 352 g/mol. The first kappa shape index (κ1) is 19.7. The van der Waals surface area contributed by atoms with Gasteiger partial charge in [-0.25, -0.2) is 8.42 Å². The molecule has 2 aromatic rings. The van der Waals surface area contributed by atoms with E-state index in [1.165, 1.54) is 6.92 Å². The van der Waals surface area contributed by atoms with E-state index in [1.54, 1.807) is 37.3 Å². The molecule has 0 bridgehead atoms. The molecular formula is C19H22N2O4S. The second-order valence-corrected chi connectivity index (χ2v) is 8.15. The van der Waals surface area contributed by atoms with Gasteiger partial charge in [-0.3, -0.25) is 13.9 Å². The molecule has 6 nitrogen and oxygen atoms in total. The molecule has 0 heterocycles. The molecule has 0 aliphatic carbocycles. The van der Waals surface area contributed by atoms with Crippen molar-refractivity contribution in [3.05, 3.63) is 59.2 Å². The molecule has 0 fully saturated rings. The average molecular weight is 374 g/mol. The van der Waals surface area contributed by atoms with Crippen LogP contribution < -0.4 is 9.62 Å². The molecule has 0 aliphatic heterocycles. The molecule has 0 aliphatic rings. The van der Waals surface area contributed by atoms with E-state index in [1.807, 2.05) is 19.1 Å².